The van der Waals surface area contributed by atoms with Crippen molar-refractivity contribution in [1.82, 2.24) is 0 Å². The van der Waals surface area contributed by atoms with Gasteiger partial charge in [-0.25, -0.2) is 0 Å². The molecule has 0 aliphatic heterocycles. The van der Waals surface area contributed by atoms with Crippen molar-refractivity contribution in [2.45, 2.75) is 38.9 Å². The lowest BCUT2D eigenvalue weighted by Crippen LogP contribution is -2.44. The number of hydrogen-bond donors (Lipinski definition) is 5. The van der Waals surface area contributed by atoms with Gasteiger partial charge in [0.1, 0.15) is 11.5 Å². The highest BCUT2D eigenvalue weighted by Gasteiger charge is 2.31. The normalized spacial score (nSPS) is 11.4. The fourth-order valence-electron chi connectivity index (χ4n) is 1.55. The highest BCUT2D eigenvalue weighted by atomic mass is 16.6. The zero-order valence-electron chi connectivity index (χ0n) is 14.8. The highest BCUT2D eigenvalue weighted by molar-refractivity contribution is 6.33. The molecule has 2 aromatic rings. The van der Waals surface area contributed by atoms with Gasteiger partial charge in [0.15, 0.2) is 0 Å². The van der Waals surface area contributed by atoms with E-state index in [9.17, 15) is 5.11 Å². The maximum atomic E-state index is 9.67. The molecule has 5 N–H and O–H groups in total. The molecule has 25 heavy (non-hydrogen) atoms. The van der Waals surface area contributed by atoms with Crippen LogP contribution in [0.15, 0.2) is 48.5 Å². The molecule has 0 saturated carbocycles. The summed E-state index contributed by atoms with van der Waals surface area (Å²) < 4.78 is 4.68. The number of para-hydroxylation sites is 1. The summed E-state index contributed by atoms with van der Waals surface area (Å²) in [5.41, 5.74) is -0.480. The van der Waals surface area contributed by atoms with Crippen molar-refractivity contribution in [3.05, 3.63) is 48.5 Å². The first-order valence-corrected chi connectivity index (χ1v) is 7.78. The number of hydrogen-bond acceptors (Lipinski definition) is 6. The molecule has 0 radical (unpaired) electrons. The first-order valence-electron chi connectivity index (χ1n) is 7.78. The lowest BCUT2D eigenvalue weighted by Gasteiger charge is -2.31. The number of benzene rings is 2. The number of aromatic hydroxyl groups is 1. The van der Waals surface area contributed by atoms with Crippen LogP contribution in [0.1, 0.15) is 27.7 Å². The van der Waals surface area contributed by atoms with E-state index in [2.05, 4.69) is 4.65 Å². The van der Waals surface area contributed by atoms with Crippen LogP contribution < -0.4 is 4.65 Å². The molecule has 0 aliphatic carbocycles. The molecule has 2 aromatic carbocycles. The van der Waals surface area contributed by atoms with E-state index in [4.69, 9.17) is 20.3 Å². The fourth-order valence-corrected chi connectivity index (χ4v) is 1.55. The molecular formula is C18H25BO6. The second-order valence-electron chi connectivity index (χ2n) is 6.60. The Hall–Kier alpha value is -2.06. The quantitative estimate of drug-likeness (QED) is 0.540. The van der Waals surface area contributed by atoms with Crippen molar-refractivity contribution in [3.63, 3.8) is 0 Å². The van der Waals surface area contributed by atoms with Crippen LogP contribution in [-0.2, 0) is 0 Å². The molecule has 0 aromatic heterocycles. The number of phenolic OH excluding ortho intramolecular Hbond substituents is 1. The highest BCUT2D eigenvalue weighted by Crippen LogP contribution is 2.29. The molecule has 0 saturated heterocycles. The Balaban J connectivity index is 0.000000333. The van der Waals surface area contributed by atoms with Gasteiger partial charge < -0.3 is 30.0 Å². The van der Waals surface area contributed by atoms with Gasteiger partial charge in [0.25, 0.3) is 0 Å². The molecule has 2 rings (SSSR count). The van der Waals surface area contributed by atoms with Crippen molar-refractivity contribution in [2.75, 3.05) is 0 Å². The molecule has 0 spiro atoms. The summed E-state index contributed by atoms with van der Waals surface area (Å²) in [4.78, 5) is 0. The summed E-state index contributed by atoms with van der Waals surface area (Å²) in [7, 11) is -1.83. The van der Waals surface area contributed by atoms with E-state index in [1.54, 1.807) is 70.2 Å². The van der Waals surface area contributed by atoms with E-state index in [0.29, 0.717) is 11.3 Å². The molecule has 0 aliphatic rings. The number of rotatable bonds is 4. The van der Waals surface area contributed by atoms with Gasteiger partial charge in [-0.2, -0.15) is 0 Å². The minimum absolute atomic E-state index is 0.198. The van der Waals surface area contributed by atoms with Crippen molar-refractivity contribution < 1.29 is 30.0 Å². The zero-order valence-corrected chi connectivity index (χ0v) is 14.8. The van der Waals surface area contributed by atoms with Gasteiger partial charge in [0.2, 0.25) is 0 Å². The molecule has 0 amide bonds. The van der Waals surface area contributed by atoms with Gasteiger partial charge >= 0.3 is 7.32 Å². The lowest BCUT2D eigenvalue weighted by atomic mass is 9.90. The molecule has 0 atom stereocenters. The molecule has 0 fully saturated rings. The Morgan fingerprint density at radius 1 is 0.800 bits per heavy atom. The van der Waals surface area contributed by atoms with Crippen molar-refractivity contribution >= 4 is 7.32 Å². The minimum atomic E-state index is -1.83. The zero-order chi connectivity index (χ0) is 19.3. The number of phenols is 1. The minimum Gasteiger partial charge on any atom is -0.512 e. The Bertz CT molecular complexity index is 645. The third-order valence-electron chi connectivity index (χ3n) is 3.81. The SMILES string of the molecule is CC(C)(O)C(C)(C)O.OB(O)Oc1ccc(-c2ccccc2O)cc1. The first kappa shape index (κ1) is 21.0. The van der Waals surface area contributed by atoms with Gasteiger partial charge in [-0.05, 0) is 51.5 Å². The van der Waals surface area contributed by atoms with Crippen LogP contribution >= 0.6 is 0 Å². The van der Waals surface area contributed by atoms with Crippen LogP contribution in [0.5, 0.6) is 11.5 Å². The third kappa shape index (κ3) is 6.76. The molecule has 6 nitrogen and oxygen atoms in total. The van der Waals surface area contributed by atoms with Crippen molar-refractivity contribution in [2.24, 2.45) is 0 Å². The maximum absolute atomic E-state index is 9.67. The molecule has 0 unspecified atom stereocenters. The first-order chi connectivity index (χ1) is 11.4. The van der Waals surface area contributed by atoms with E-state index in [1.165, 1.54) is 0 Å². The molecule has 7 heteroatoms. The van der Waals surface area contributed by atoms with Crippen LogP contribution in [0.25, 0.3) is 11.1 Å². The Labute approximate surface area is 148 Å². The van der Waals surface area contributed by atoms with Gasteiger partial charge in [0.05, 0.1) is 11.2 Å². The van der Waals surface area contributed by atoms with Gasteiger partial charge in [-0.15, -0.1) is 0 Å². The standard InChI is InChI=1S/C12H11BO4.C6H14O2/c14-12-4-2-1-3-11(12)9-5-7-10(8-6-9)17-13(15)16;1-5(2,7)6(3,4)8/h1-8,14-16H;7-8H,1-4H3. The summed E-state index contributed by atoms with van der Waals surface area (Å²) in [5, 5.41) is 45.1. The topological polar surface area (TPSA) is 110 Å². The summed E-state index contributed by atoms with van der Waals surface area (Å²) in [6.45, 7) is 6.31. The smallest absolute Gasteiger partial charge is 0.512 e. The second-order valence-corrected chi connectivity index (χ2v) is 6.60. The fraction of sp³-hybridized carbons (Fsp3) is 0.333. The maximum Gasteiger partial charge on any atom is 0.707 e. The monoisotopic (exact) mass is 348 g/mol. The van der Waals surface area contributed by atoms with Crippen molar-refractivity contribution in [3.8, 4) is 22.6 Å². The van der Waals surface area contributed by atoms with Gasteiger partial charge in [-0.1, -0.05) is 30.3 Å². The summed E-state index contributed by atoms with van der Waals surface area (Å²) >= 11 is 0. The predicted octanol–water partition coefficient (Wildman–Crippen LogP) is 1.94. The van der Waals surface area contributed by atoms with E-state index in [0.717, 1.165) is 5.56 Å². The van der Waals surface area contributed by atoms with Crippen LogP contribution in [0.3, 0.4) is 0 Å². The second kappa shape index (κ2) is 8.35. The summed E-state index contributed by atoms with van der Waals surface area (Å²) in [6, 6.07) is 13.6. The summed E-state index contributed by atoms with van der Waals surface area (Å²) in [5.74, 6) is 0.544. The molecule has 136 valence electrons. The van der Waals surface area contributed by atoms with Crippen LogP contribution in [0.4, 0.5) is 0 Å². The largest absolute Gasteiger partial charge is 0.707 e. The Kier molecular flexibility index (Phi) is 7.01. The summed E-state index contributed by atoms with van der Waals surface area (Å²) in [6.07, 6.45) is 0. The van der Waals surface area contributed by atoms with Crippen LogP contribution in [0, 0.1) is 0 Å². The van der Waals surface area contributed by atoms with Gasteiger partial charge in [-0.3, -0.25) is 0 Å². The van der Waals surface area contributed by atoms with Crippen LogP contribution in [-0.4, -0.2) is 43.9 Å². The average molecular weight is 348 g/mol. The van der Waals surface area contributed by atoms with E-state index >= 15 is 0 Å². The molecular weight excluding hydrogens is 323 g/mol. The van der Waals surface area contributed by atoms with E-state index < -0.39 is 18.5 Å². The average Bonchev–Trinajstić information content (AvgIpc) is 2.47. The predicted molar refractivity (Wildman–Crippen MR) is 97.0 cm³/mol. The van der Waals surface area contributed by atoms with Gasteiger partial charge in [0, 0.05) is 5.56 Å². The number of aliphatic hydroxyl groups is 2. The molecule has 0 bridgehead atoms. The van der Waals surface area contributed by atoms with E-state index in [-0.39, 0.29) is 5.75 Å². The van der Waals surface area contributed by atoms with E-state index in [1.807, 2.05) is 6.07 Å². The van der Waals surface area contributed by atoms with Crippen molar-refractivity contribution in [1.29, 1.82) is 0 Å². The Morgan fingerprint density at radius 2 is 1.28 bits per heavy atom. The third-order valence-corrected chi connectivity index (χ3v) is 3.81. The molecule has 0 heterocycles. The lowest BCUT2D eigenvalue weighted by molar-refractivity contribution is -0.107. The Morgan fingerprint density at radius 3 is 1.68 bits per heavy atom. The van der Waals surface area contributed by atoms with Crippen LogP contribution in [0.2, 0.25) is 0 Å².